The van der Waals surface area contributed by atoms with Gasteiger partial charge in [-0.3, -0.25) is 9.78 Å². The third-order valence-corrected chi connectivity index (χ3v) is 2.56. The number of carbonyl (C=O) groups excluding carboxylic acids is 1. The van der Waals surface area contributed by atoms with Crippen LogP contribution in [-0.2, 0) is 0 Å². The maximum absolute atomic E-state index is 11.5. The first-order valence-corrected chi connectivity index (χ1v) is 6.10. The molecule has 0 fully saturated rings. The second-order valence-electron chi connectivity index (χ2n) is 2.69. The van der Waals surface area contributed by atoms with Gasteiger partial charge >= 0.3 is 0 Å². The number of alkyl halides is 1. The van der Waals surface area contributed by atoms with Crippen molar-refractivity contribution in [3.63, 3.8) is 0 Å². The van der Waals surface area contributed by atoms with E-state index in [1.807, 2.05) is 0 Å². The van der Waals surface area contributed by atoms with Crippen LogP contribution in [0.15, 0.2) is 22.9 Å². The van der Waals surface area contributed by atoms with E-state index in [1.54, 1.807) is 18.5 Å². The Morgan fingerprint density at radius 1 is 1.50 bits per heavy atom. The van der Waals surface area contributed by atoms with Crippen molar-refractivity contribution < 1.29 is 4.79 Å². The molecule has 1 N–H and O–H groups in total. The number of nitrogens with one attached hydrogen (secondary N) is 1. The van der Waals surface area contributed by atoms with E-state index in [0.717, 1.165) is 16.2 Å². The van der Waals surface area contributed by atoms with E-state index < -0.39 is 0 Å². The summed E-state index contributed by atoms with van der Waals surface area (Å²) in [6, 6.07) is 1.75. The van der Waals surface area contributed by atoms with Gasteiger partial charge in [-0.25, -0.2) is 0 Å². The second-order valence-corrected chi connectivity index (χ2v) is 4.40. The van der Waals surface area contributed by atoms with E-state index in [2.05, 4.69) is 42.2 Å². The van der Waals surface area contributed by atoms with Gasteiger partial charge in [0, 0.05) is 28.7 Å². The zero-order chi connectivity index (χ0) is 10.4. The molecule has 0 bridgehead atoms. The molecule has 1 aromatic rings. The molecule has 1 heterocycles. The van der Waals surface area contributed by atoms with Crippen molar-refractivity contribution in [2.45, 2.75) is 6.42 Å². The molecule has 1 amide bonds. The fraction of sp³-hybridized carbons (Fsp3) is 0.333. The van der Waals surface area contributed by atoms with E-state index >= 15 is 0 Å². The second kappa shape index (κ2) is 6.14. The minimum atomic E-state index is -0.0836. The van der Waals surface area contributed by atoms with Gasteiger partial charge in [-0.15, -0.1) is 0 Å². The van der Waals surface area contributed by atoms with Gasteiger partial charge in [0.1, 0.15) is 0 Å². The lowest BCUT2D eigenvalue weighted by Crippen LogP contribution is -2.24. The average Bonchev–Trinajstić information content (AvgIpc) is 2.18. The van der Waals surface area contributed by atoms with Crippen LogP contribution in [0.1, 0.15) is 16.8 Å². The first-order valence-electron chi connectivity index (χ1n) is 4.19. The maximum Gasteiger partial charge on any atom is 0.252 e. The van der Waals surface area contributed by atoms with Gasteiger partial charge < -0.3 is 5.32 Å². The molecule has 3 nitrogen and oxygen atoms in total. The Morgan fingerprint density at radius 2 is 2.29 bits per heavy atom. The van der Waals surface area contributed by atoms with Gasteiger partial charge in [0.2, 0.25) is 0 Å². The molecular weight excluding hydrogens is 312 g/mol. The standard InChI is InChI=1S/C9H10Br2N2O/c10-2-1-3-13-9(14)7-4-8(11)6-12-5-7/h4-6H,1-3H2,(H,13,14). The Hall–Kier alpha value is -0.420. The van der Waals surface area contributed by atoms with Crippen LogP contribution in [0.5, 0.6) is 0 Å². The number of amides is 1. The Kier molecular flexibility index (Phi) is 5.11. The van der Waals surface area contributed by atoms with E-state index in [9.17, 15) is 4.79 Å². The van der Waals surface area contributed by atoms with Crippen LogP contribution in [0, 0.1) is 0 Å². The zero-order valence-corrected chi connectivity index (χ0v) is 10.6. The molecule has 0 aliphatic rings. The molecule has 0 unspecified atom stereocenters. The van der Waals surface area contributed by atoms with Gasteiger partial charge in [0.15, 0.2) is 0 Å². The summed E-state index contributed by atoms with van der Waals surface area (Å²) in [7, 11) is 0. The molecule has 14 heavy (non-hydrogen) atoms. The third-order valence-electron chi connectivity index (χ3n) is 1.56. The van der Waals surface area contributed by atoms with Crippen molar-refractivity contribution in [2.75, 3.05) is 11.9 Å². The number of rotatable bonds is 4. The van der Waals surface area contributed by atoms with Crippen molar-refractivity contribution in [2.24, 2.45) is 0 Å². The van der Waals surface area contributed by atoms with Crippen LogP contribution in [0.3, 0.4) is 0 Å². The number of halogens is 2. The molecular formula is C9H10Br2N2O. The van der Waals surface area contributed by atoms with Crippen LogP contribution in [0.2, 0.25) is 0 Å². The van der Waals surface area contributed by atoms with Crippen molar-refractivity contribution in [1.82, 2.24) is 10.3 Å². The summed E-state index contributed by atoms with van der Waals surface area (Å²) in [5.74, 6) is -0.0836. The number of hydrogen-bond acceptors (Lipinski definition) is 2. The van der Waals surface area contributed by atoms with Gasteiger partial charge in [0.05, 0.1) is 5.56 Å². The molecule has 1 rings (SSSR count). The van der Waals surface area contributed by atoms with Crippen molar-refractivity contribution >= 4 is 37.8 Å². The summed E-state index contributed by atoms with van der Waals surface area (Å²) < 4.78 is 0.811. The zero-order valence-electron chi connectivity index (χ0n) is 7.46. The minimum Gasteiger partial charge on any atom is -0.352 e. The van der Waals surface area contributed by atoms with Crippen molar-refractivity contribution in [1.29, 1.82) is 0 Å². The number of carbonyl (C=O) groups is 1. The van der Waals surface area contributed by atoms with Crippen molar-refractivity contribution in [3.8, 4) is 0 Å². The molecule has 0 atom stereocenters. The summed E-state index contributed by atoms with van der Waals surface area (Å²) >= 11 is 6.56. The predicted molar refractivity (Wildman–Crippen MR) is 62.7 cm³/mol. The van der Waals surface area contributed by atoms with Crippen LogP contribution in [0.25, 0.3) is 0 Å². The summed E-state index contributed by atoms with van der Waals surface area (Å²) in [6.45, 7) is 0.677. The van der Waals surface area contributed by atoms with Gasteiger partial charge in [-0.05, 0) is 28.4 Å². The average molecular weight is 322 g/mol. The van der Waals surface area contributed by atoms with E-state index in [1.165, 1.54) is 0 Å². The van der Waals surface area contributed by atoms with Gasteiger partial charge in [0.25, 0.3) is 5.91 Å². The normalized spacial score (nSPS) is 9.86. The molecule has 0 aromatic carbocycles. The molecule has 1 aromatic heterocycles. The first kappa shape index (κ1) is 11.7. The number of pyridine rings is 1. The maximum atomic E-state index is 11.5. The lowest BCUT2D eigenvalue weighted by molar-refractivity contribution is 0.0953. The van der Waals surface area contributed by atoms with Gasteiger partial charge in [-0.1, -0.05) is 15.9 Å². The highest BCUT2D eigenvalue weighted by Crippen LogP contribution is 2.09. The fourth-order valence-electron chi connectivity index (χ4n) is 0.907. The summed E-state index contributed by atoms with van der Waals surface area (Å²) in [6.07, 6.45) is 4.12. The lowest BCUT2D eigenvalue weighted by atomic mass is 10.2. The Balaban J connectivity index is 2.52. The Bertz CT molecular complexity index is 317. The molecule has 0 saturated carbocycles. The molecule has 0 spiro atoms. The van der Waals surface area contributed by atoms with Crippen LogP contribution in [-0.4, -0.2) is 22.8 Å². The largest absolute Gasteiger partial charge is 0.352 e. The smallest absolute Gasteiger partial charge is 0.252 e. The van der Waals surface area contributed by atoms with Crippen LogP contribution >= 0.6 is 31.9 Å². The summed E-state index contributed by atoms with van der Waals surface area (Å²) in [5, 5.41) is 3.69. The highest BCUT2D eigenvalue weighted by molar-refractivity contribution is 9.10. The monoisotopic (exact) mass is 320 g/mol. The number of hydrogen-bond donors (Lipinski definition) is 1. The Labute approximate surface area is 99.6 Å². The highest BCUT2D eigenvalue weighted by Gasteiger charge is 2.04. The predicted octanol–water partition coefficient (Wildman–Crippen LogP) is 2.36. The van der Waals surface area contributed by atoms with Gasteiger partial charge in [-0.2, -0.15) is 0 Å². The first-order chi connectivity index (χ1) is 6.74. The number of aromatic nitrogens is 1. The molecule has 76 valence electrons. The highest BCUT2D eigenvalue weighted by atomic mass is 79.9. The topological polar surface area (TPSA) is 42.0 Å². The lowest BCUT2D eigenvalue weighted by Gasteiger charge is -2.03. The quantitative estimate of drug-likeness (QED) is 0.683. The minimum absolute atomic E-state index is 0.0836. The SMILES string of the molecule is O=C(NCCCBr)c1cncc(Br)c1. The van der Waals surface area contributed by atoms with E-state index in [-0.39, 0.29) is 5.91 Å². The number of nitrogens with zero attached hydrogens (tertiary/aromatic N) is 1. The fourth-order valence-corrected chi connectivity index (χ4v) is 1.55. The van der Waals surface area contributed by atoms with Crippen LogP contribution in [0.4, 0.5) is 0 Å². The molecule has 0 aliphatic carbocycles. The van der Waals surface area contributed by atoms with E-state index in [4.69, 9.17) is 0 Å². The molecule has 5 heteroatoms. The molecule has 0 radical (unpaired) electrons. The molecule has 0 saturated heterocycles. The third kappa shape index (κ3) is 3.75. The summed E-state index contributed by atoms with van der Waals surface area (Å²) in [5.41, 5.74) is 0.578. The Morgan fingerprint density at radius 3 is 2.93 bits per heavy atom. The summed E-state index contributed by atoms with van der Waals surface area (Å²) in [4.78, 5) is 15.4. The van der Waals surface area contributed by atoms with Crippen LogP contribution < -0.4 is 5.32 Å². The van der Waals surface area contributed by atoms with Crippen molar-refractivity contribution in [3.05, 3.63) is 28.5 Å². The van der Waals surface area contributed by atoms with E-state index in [0.29, 0.717) is 12.1 Å². The molecule has 0 aliphatic heterocycles.